The zero-order valence-electron chi connectivity index (χ0n) is 10.5. The number of anilines is 1. The lowest BCUT2D eigenvalue weighted by Gasteiger charge is -2.10. The van der Waals surface area contributed by atoms with E-state index in [0.717, 1.165) is 26.6 Å². The lowest BCUT2D eigenvalue weighted by molar-refractivity contribution is 1.13. The van der Waals surface area contributed by atoms with Crippen LogP contribution < -0.4 is 5.32 Å². The monoisotopic (exact) mass is 347 g/mol. The third-order valence-electron chi connectivity index (χ3n) is 3.00. The molecule has 0 unspecified atom stereocenters. The largest absolute Gasteiger partial charge is 0.379 e. The van der Waals surface area contributed by atoms with Gasteiger partial charge in [-0.25, -0.2) is 0 Å². The molecule has 0 amide bonds. The Morgan fingerprint density at radius 2 is 2.10 bits per heavy atom. The maximum atomic E-state index is 6.11. The van der Waals surface area contributed by atoms with Crippen molar-refractivity contribution in [2.45, 2.75) is 6.54 Å². The van der Waals surface area contributed by atoms with Crippen LogP contribution >= 0.6 is 27.5 Å². The van der Waals surface area contributed by atoms with Crippen LogP contribution in [0.15, 0.2) is 53.4 Å². The summed E-state index contributed by atoms with van der Waals surface area (Å²) in [6, 6.07) is 10.0. The van der Waals surface area contributed by atoms with Crippen molar-refractivity contribution in [1.29, 1.82) is 0 Å². The van der Waals surface area contributed by atoms with E-state index < -0.39 is 0 Å². The predicted octanol–water partition coefficient (Wildman–Crippen LogP) is 4.66. The number of aromatic nitrogens is 2. The summed E-state index contributed by atoms with van der Waals surface area (Å²) in [5, 5.41) is 5.13. The van der Waals surface area contributed by atoms with E-state index in [2.05, 4.69) is 31.2 Å². The van der Waals surface area contributed by atoms with Crippen LogP contribution in [0, 0.1) is 0 Å². The average molecular weight is 349 g/mol. The van der Waals surface area contributed by atoms with Crippen molar-refractivity contribution in [2.75, 3.05) is 5.32 Å². The first-order chi connectivity index (χ1) is 9.74. The fraction of sp³-hybridized carbons (Fsp3) is 0.0667. The number of pyridine rings is 2. The molecule has 3 rings (SSSR count). The van der Waals surface area contributed by atoms with Crippen LogP contribution in [0.25, 0.3) is 10.9 Å². The minimum absolute atomic E-state index is 0.637. The molecular weight excluding hydrogens is 338 g/mol. The summed E-state index contributed by atoms with van der Waals surface area (Å²) in [6.45, 7) is 0.637. The highest BCUT2D eigenvalue weighted by Crippen LogP contribution is 2.25. The number of hydrogen-bond donors (Lipinski definition) is 1. The second-order valence-corrected chi connectivity index (χ2v) is 5.67. The molecule has 20 heavy (non-hydrogen) atoms. The molecule has 0 saturated carbocycles. The Hall–Kier alpha value is -1.65. The second-order valence-electron chi connectivity index (χ2n) is 4.35. The van der Waals surface area contributed by atoms with Crippen molar-refractivity contribution in [2.24, 2.45) is 0 Å². The minimum atomic E-state index is 0.637. The Kier molecular flexibility index (Phi) is 3.85. The zero-order chi connectivity index (χ0) is 13.9. The molecule has 3 nitrogen and oxygen atoms in total. The van der Waals surface area contributed by atoms with Crippen molar-refractivity contribution in [3.05, 3.63) is 64.0 Å². The maximum Gasteiger partial charge on any atom is 0.0934 e. The number of halogens is 2. The molecule has 2 heterocycles. The Balaban J connectivity index is 1.90. The Morgan fingerprint density at radius 1 is 1.20 bits per heavy atom. The molecule has 0 aliphatic rings. The molecule has 0 fully saturated rings. The molecule has 0 saturated heterocycles. The Bertz CT molecular complexity index is 761. The molecule has 0 radical (unpaired) electrons. The summed E-state index contributed by atoms with van der Waals surface area (Å²) in [5.74, 6) is 0. The first kappa shape index (κ1) is 13.3. The fourth-order valence-corrected chi connectivity index (χ4v) is 2.55. The van der Waals surface area contributed by atoms with Crippen LogP contribution in [0.5, 0.6) is 0 Å². The van der Waals surface area contributed by atoms with E-state index in [1.165, 1.54) is 0 Å². The minimum Gasteiger partial charge on any atom is -0.379 e. The molecule has 1 N–H and O–H groups in total. The predicted molar refractivity (Wildman–Crippen MR) is 86.0 cm³/mol. The third kappa shape index (κ3) is 2.76. The van der Waals surface area contributed by atoms with Gasteiger partial charge in [-0.3, -0.25) is 9.97 Å². The number of nitrogens with one attached hydrogen (secondary N) is 1. The van der Waals surface area contributed by atoms with E-state index >= 15 is 0 Å². The van der Waals surface area contributed by atoms with E-state index in [1.807, 2.05) is 30.3 Å². The molecule has 2 aromatic heterocycles. The Morgan fingerprint density at radius 3 is 2.95 bits per heavy atom. The summed E-state index contributed by atoms with van der Waals surface area (Å²) in [4.78, 5) is 8.44. The summed E-state index contributed by atoms with van der Waals surface area (Å²) < 4.78 is 0.972. The number of hydrogen-bond acceptors (Lipinski definition) is 3. The van der Waals surface area contributed by atoms with Gasteiger partial charge in [0.2, 0.25) is 0 Å². The van der Waals surface area contributed by atoms with Crippen LogP contribution in [0.2, 0.25) is 5.02 Å². The van der Waals surface area contributed by atoms with E-state index in [1.54, 1.807) is 18.6 Å². The molecule has 100 valence electrons. The lowest BCUT2D eigenvalue weighted by atomic mass is 10.2. The lowest BCUT2D eigenvalue weighted by Crippen LogP contribution is -2.01. The van der Waals surface area contributed by atoms with Gasteiger partial charge in [0.1, 0.15) is 0 Å². The first-order valence-corrected chi connectivity index (χ1v) is 7.27. The summed E-state index contributed by atoms with van der Waals surface area (Å²) in [6.07, 6.45) is 5.19. The standard InChI is InChI=1S/C15H11BrClN3/c16-12-6-10-2-1-3-14(15(10)20-8-12)19-7-11-4-5-18-9-13(11)17/h1-6,8-9,19H,7H2. The van der Waals surface area contributed by atoms with Crippen LogP contribution in [-0.2, 0) is 6.54 Å². The van der Waals surface area contributed by atoms with E-state index in [4.69, 9.17) is 11.6 Å². The van der Waals surface area contributed by atoms with Gasteiger partial charge < -0.3 is 5.32 Å². The fourth-order valence-electron chi connectivity index (χ4n) is 2.01. The van der Waals surface area contributed by atoms with Gasteiger partial charge in [-0.15, -0.1) is 0 Å². The number of nitrogens with zero attached hydrogens (tertiary/aromatic N) is 2. The van der Waals surface area contributed by atoms with Crippen molar-refractivity contribution in [3.8, 4) is 0 Å². The van der Waals surface area contributed by atoms with E-state index in [9.17, 15) is 0 Å². The number of benzene rings is 1. The summed E-state index contributed by atoms with van der Waals surface area (Å²) in [5.41, 5.74) is 2.94. The quantitative estimate of drug-likeness (QED) is 0.748. The molecule has 5 heteroatoms. The number of rotatable bonds is 3. The molecule has 0 bridgehead atoms. The van der Waals surface area contributed by atoms with E-state index in [0.29, 0.717) is 11.6 Å². The van der Waals surface area contributed by atoms with Gasteiger partial charge in [0.15, 0.2) is 0 Å². The molecule has 3 aromatic rings. The highest BCUT2D eigenvalue weighted by atomic mass is 79.9. The maximum absolute atomic E-state index is 6.11. The van der Waals surface area contributed by atoms with Gasteiger partial charge in [-0.2, -0.15) is 0 Å². The smallest absolute Gasteiger partial charge is 0.0934 e. The van der Waals surface area contributed by atoms with Crippen molar-refractivity contribution < 1.29 is 0 Å². The van der Waals surface area contributed by atoms with Crippen molar-refractivity contribution in [1.82, 2.24) is 9.97 Å². The Labute approximate surface area is 130 Å². The molecule has 0 aliphatic carbocycles. The molecule has 0 aliphatic heterocycles. The van der Waals surface area contributed by atoms with E-state index in [-0.39, 0.29) is 0 Å². The van der Waals surface area contributed by atoms with Gasteiger partial charge in [0.05, 0.1) is 16.2 Å². The number of fused-ring (bicyclic) bond motifs is 1. The molecule has 1 aromatic carbocycles. The van der Waals surface area contributed by atoms with Gasteiger partial charge in [-0.05, 0) is 39.7 Å². The third-order valence-corrected chi connectivity index (χ3v) is 3.78. The number of para-hydroxylation sites is 1. The second kappa shape index (κ2) is 5.77. The average Bonchev–Trinajstić information content (AvgIpc) is 2.46. The van der Waals surface area contributed by atoms with Crippen LogP contribution in [0.3, 0.4) is 0 Å². The van der Waals surface area contributed by atoms with Gasteiger partial charge >= 0.3 is 0 Å². The first-order valence-electron chi connectivity index (χ1n) is 6.10. The van der Waals surface area contributed by atoms with Crippen molar-refractivity contribution in [3.63, 3.8) is 0 Å². The van der Waals surface area contributed by atoms with Gasteiger partial charge in [-0.1, -0.05) is 23.7 Å². The van der Waals surface area contributed by atoms with Gasteiger partial charge in [0, 0.05) is 35.0 Å². The highest BCUT2D eigenvalue weighted by Gasteiger charge is 2.04. The van der Waals surface area contributed by atoms with Crippen LogP contribution in [0.1, 0.15) is 5.56 Å². The van der Waals surface area contributed by atoms with Crippen LogP contribution in [-0.4, -0.2) is 9.97 Å². The SMILES string of the molecule is Clc1cnccc1CNc1cccc2cc(Br)cnc12. The zero-order valence-corrected chi connectivity index (χ0v) is 12.8. The molecule has 0 atom stereocenters. The van der Waals surface area contributed by atoms with Crippen molar-refractivity contribution >= 4 is 44.1 Å². The molecule has 0 spiro atoms. The topological polar surface area (TPSA) is 37.8 Å². The highest BCUT2D eigenvalue weighted by molar-refractivity contribution is 9.10. The summed E-state index contributed by atoms with van der Waals surface area (Å²) in [7, 11) is 0. The van der Waals surface area contributed by atoms with Gasteiger partial charge in [0.25, 0.3) is 0 Å². The normalized spacial score (nSPS) is 10.7. The van der Waals surface area contributed by atoms with Crippen LogP contribution in [0.4, 0.5) is 5.69 Å². The summed E-state index contributed by atoms with van der Waals surface area (Å²) >= 11 is 9.54. The molecular formula is C15H11BrClN3.